The van der Waals surface area contributed by atoms with E-state index < -0.39 is 48.7 Å². The fraction of sp³-hybridized carbons (Fsp3) is 0.444. The van der Waals surface area contributed by atoms with Crippen LogP contribution in [0, 0.1) is 0 Å². The molecule has 0 heterocycles. The second-order valence-corrected chi connectivity index (χ2v) is 6.28. The number of hydrogen-bond donors (Lipinski definition) is 5. The van der Waals surface area contributed by atoms with Crippen molar-refractivity contribution >= 4 is 18.0 Å². The molecule has 0 spiro atoms. The molecular formula is C18H22O9. The zero-order valence-corrected chi connectivity index (χ0v) is 14.6. The highest BCUT2D eigenvalue weighted by Gasteiger charge is 2.51. The first-order chi connectivity index (χ1) is 12.7. The van der Waals surface area contributed by atoms with Gasteiger partial charge in [-0.2, -0.15) is 0 Å². The molecule has 27 heavy (non-hydrogen) atoms. The van der Waals surface area contributed by atoms with Crippen molar-refractivity contribution in [3.8, 4) is 11.5 Å². The summed E-state index contributed by atoms with van der Waals surface area (Å²) < 4.78 is 9.76. The predicted molar refractivity (Wildman–Crippen MR) is 91.5 cm³/mol. The minimum absolute atomic E-state index is 0.0311. The second kappa shape index (κ2) is 8.38. The van der Waals surface area contributed by atoms with Gasteiger partial charge < -0.3 is 35.0 Å². The van der Waals surface area contributed by atoms with Gasteiger partial charge in [0.1, 0.15) is 0 Å². The Morgan fingerprint density at radius 3 is 2.37 bits per heavy atom. The van der Waals surface area contributed by atoms with E-state index in [0.717, 1.165) is 6.08 Å². The highest BCUT2D eigenvalue weighted by molar-refractivity contribution is 5.87. The molecule has 0 radical (unpaired) electrons. The number of phenols is 2. The number of aliphatic hydroxyl groups is 3. The van der Waals surface area contributed by atoms with E-state index in [2.05, 4.69) is 0 Å². The van der Waals surface area contributed by atoms with Crippen LogP contribution in [0.5, 0.6) is 11.5 Å². The maximum Gasteiger partial charge on any atom is 0.338 e. The van der Waals surface area contributed by atoms with E-state index >= 15 is 0 Å². The topological polar surface area (TPSA) is 154 Å². The molecule has 0 saturated heterocycles. The molecule has 9 heteroatoms. The van der Waals surface area contributed by atoms with Gasteiger partial charge in [0.15, 0.2) is 23.2 Å². The Morgan fingerprint density at radius 1 is 1.19 bits per heavy atom. The van der Waals surface area contributed by atoms with Crippen molar-refractivity contribution in [3.63, 3.8) is 0 Å². The van der Waals surface area contributed by atoms with E-state index in [1.807, 2.05) is 0 Å². The number of ether oxygens (including phenoxy) is 2. The standard InChI is InChI=1S/C18H22O9/c1-2-26-17(24)18(25)8-13(21)16(14(22)9-18)27-15(23)6-4-10-3-5-11(19)12(20)7-10/h3-7,13-14,16,19-22,25H,2,8-9H2,1H3/b6-4+/t13-,14-,16?,18?/m0/s1. The van der Waals surface area contributed by atoms with E-state index in [9.17, 15) is 35.1 Å². The van der Waals surface area contributed by atoms with Crippen LogP contribution in [-0.2, 0) is 19.1 Å². The van der Waals surface area contributed by atoms with E-state index in [-0.39, 0.29) is 18.1 Å². The molecule has 1 aromatic carbocycles. The summed E-state index contributed by atoms with van der Waals surface area (Å²) in [6.45, 7) is 1.59. The quantitative estimate of drug-likeness (QED) is 0.265. The Kier molecular flexibility index (Phi) is 6.42. The number of hydrogen-bond acceptors (Lipinski definition) is 9. The van der Waals surface area contributed by atoms with Gasteiger partial charge in [0.2, 0.25) is 0 Å². The molecule has 0 aromatic heterocycles. The van der Waals surface area contributed by atoms with Crippen molar-refractivity contribution in [2.24, 2.45) is 0 Å². The van der Waals surface area contributed by atoms with E-state index in [0.29, 0.717) is 5.56 Å². The van der Waals surface area contributed by atoms with Crippen LogP contribution >= 0.6 is 0 Å². The lowest BCUT2D eigenvalue weighted by Crippen LogP contribution is -2.57. The third-order valence-electron chi connectivity index (χ3n) is 4.17. The molecule has 9 nitrogen and oxygen atoms in total. The van der Waals surface area contributed by atoms with Crippen LogP contribution in [-0.4, -0.2) is 68.0 Å². The van der Waals surface area contributed by atoms with E-state index in [4.69, 9.17) is 9.47 Å². The van der Waals surface area contributed by atoms with Crippen LogP contribution < -0.4 is 0 Å². The summed E-state index contributed by atoms with van der Waals surface area (Å²) in [6.07, 6.45) is -2.86. The average Bonchev–Trinajstić information content (AvgIpc) is 2.59. The maximum absolute atomic E-state index is 11.9. The Labute approximate surface area is 155 Å². The first kappa shape index (κ1) is 20.7. The Bertz CT molecular complexity index is 716. The van der Waals surface area contributed by atoms with Crippen LogP contribution in [0.25, 0.3) is 6.08 Å². The summed E-state index contributed by atoms with van der Waals surface area (Å²) in [5, 5.41) is 49.1. The highest BCUT2D eigenvalue weighted by atomic mass is 16.6. The molecule has 1 saturated carbocycles. The van der Waals surface area contributed by atoms with E-state index in [1.165, 1.54) is 24.3 Å². The van der Waals surface area contributed by atoms with Gasteiger partial charge in [-0.05, 0) is 30.7 Å². The fourth-order valence-corrected chi connectivity index (χ4v) is 2.84. The number of carbonyl (C=O) groups excluding carboxylic acids is 2. The van der Waals surface area contributed by atoms with Crippen molar-refractivity contribution in [2.75, 3.05) is 6.61 Å². The summed E-state index contributed by atoms with van der Waals surface area (Å²) in [5.41, 5.74) is -1.65. The van der Waals surface area contributed by atoms with Gasteiger partial charge in [0.25, 0.3) is 0 Å². The number of aliphatic hydroxyl groups excluding tert-OH is 2. The second-order valence-electron chi connectivity index (χ2n) is 6.28. The highest BCUT2D eigenvalue weighted by Crippen LogP contribution is 2.32. The Hall–Kier alpha value is -2.62. The van der Waals surface area contributed by atoms with Crippen molar-refractivity contribution in [1.29, 1.82) is 0 Å². The SMILES string of the molecule is CCOC(=O)C1(O)C[C@H](O)C(OC(=O)/C=C/c2ccc(O)c(O)c2)[C@@H](O)C1. The Balaban J connectivity index is 2.00. The normalized spacial score (nSPS) is 28.1. The van der Waals surface area contributed by atoms with Crippen LogP contribution in [0.2, 0.25) is 0 Å². The van der Waals surface area contributed by atoms with Gasteiger partial charge in [-0.3, -0.25) is 0 Å². The van der Waals surface area contributed by atoms with Crippen molar-refractivity contribution < 1.29 is 44.6 Å². The fourth-order valence-electron chi connectivity index (χ4n) is 2.84. The minimum Gasteiger partial charge on any atom is -0.504 e. The van der Waals surface area contributed by atoms with Crippen LogP contribution in [0.15, 0.2) is 24.3 Å². The summed E-state index contributed by atoms with van der Waals surface area (Å²) in [5.74, 6) is -2.51. The Morgan fingerprint density at radius 2 is 1.81 bits per heavy atom. The lowest BCUT2D eigenvalue weighted by Gasteiger charge is -2.39. The molecule has 1 aliphatic carbocycles. The summed E-state index contributed by atoms with van der Waals surface area (Å²) in [4.78, 5) is 23.7. The molecule has 1 aromatic rings. The smallest absolute Gasteiger partial charge is 0.338 e. The third-order valence-corrected chi connectivity index (χ3v) is 4.17. The number of benzene rings is 1. The molecule has 1 aliphatic rings. The molecular weight excluding hydrogens is 360 g/mol. The van der Waals surface area contributed by atoms with Crippen molar-refractivity contribution in [1.82, 2.24) is 0 Å². The summed E-state index contributed by atoms with van der Waals surface area (Å²) in [6, 6.07) is 3.91. The molecule has 1 fully saturated rings. The molecule has 5 N–H and O–H groups in total. The van der Waals surface area contributed by atoms with Crippen LogP contribution in [0.1, 0.15) is 25.3 Å². The van der Waals surface area contributed by atoms with Crippen molar-refractivity contribution in [2.45, 2.75) is 43.7 Å². The summed E-state index contributed by atoms with van der Waals surface area (Å²) in [7, 11) is 0. The lowest BCUT2D eigenvalue weighted by molar-refractivity contribution is -0.199. The maximum atomic E-state index is 11.9. The zero-order chi connectivity index (χ0) is 20.2. The molecule has 148 valence electrons. The first-order valence-electron chi connectivity index (χ1n) is 8.32. The predicted octanol–water partition coefficient (Wildman–Crippen LogP) is -0.167. The van der Waals surface area contributed by atoms with Crippen LogP contribution in [0.3, 0.4) is 0 Å². The number of esters is 2. The number of rotatable bonds is 5. The molecule has 2 rings (SSSR count). The van der Waals surface area contributed by atoms with Crippen LogP contribution in [0.4, 0.5) is 0 Å². The van der Waals surface area contributed by atoms with Gasteiger partial charge in [0, 0.05) is 18.9 Å². The van der Waals surface area contributed by atoms with Gasteiger partial charge >= 0.3 is 11.9 Å². The lowest BCUT2D eigenvalue weighted by atomic mass is 9.79. The summed E-state index contributed by atoms with van der Waals surface area (Å²) >= 11 is 0. The third kappa shape index (κ3) is 4.97. The number of carbonyl (C=O) groups is 2. The monoisotopic (exact) mass is 382 g/mol. The largest absolute Gasteiger partial charge is 0.504 e. The van der Waals surface area contributed by atoms with Gasteiger partial charge in [-0.25, -0.2) is 9.59 Å². The number of aromatic hydroxyl groups is 2. The molecule has 2 atom stereocenters. The van der Waals surface area contributed by atoms with Gasteiger partial charge in [-0.1, -0.05) is 6.07 Å². The molecule has 0 amide bonds. The minimum atomic E-state index is -2.06. The number of phenolic OH excluding ortho intramolecular Hbond substituents is 2. The average molecular weight is 382 g/mol. The van der Waals surface area contributed by atoms with Gasteiger partial charge in [-0.15, -0.1) is 0 Å². The van der Waals surface area contributed by atoms with E-state index in [1.54, 1.807) is 6.92 Å². The molecule has 0 aliphatic heterocycles. The molecule has 0 bridgehead atoms. The zero-order valence-electron chi connectivity index (χ0n) is 14.6. The molecule has 0 unspecified atom stereocenters. The van der Waals surface area contributed by atoms with Crippen molar-refractivity contribution in [3.05, 3.63) is 29.8 Å². The van der Waals surface area contributed by atoms with Gasteiger partial charge in [0.05, 0.1) is 18.8 Å². The first-order valence-corrected chi connectivity index (χ1v) is 8.32.